The third-order valence-electron chi connectivity index (χ3n) is 4.35. The molecular formula is C16H27N3. The van der Waals surface area contributed by atoms with Crippen LogP contribution < -0.4 is 5.32 Å². The summed E-state index contributed by atoms with van der Waals surface area (Å²) in [6, 6.07) is 2.24. The molecule has 3 heteroatoms. The summed E-state index contributed by atoms with van der Waals surface area (Å²) in [5.41, 5.74) is 0. The van der Waals surface area contributed by atoms with Crippen molar-refractivity contribution in [1.29, 1.82) is 0 Å². The van der Waals surface area contributed by atoms with Crippen LogP contribution in [0, 0.1) is 11.8 Å². The molecule has 3 nitrogen and oxygen atoms in total. The van der Waals surface area contributed by atoms with E-state index in [9.17, 15) is 0 Å². The Bertz CT molecular complexity index is 352. The average molecular weight is 261 g/mol. The van der Waals surface area contributed by atoms with Gasteiger partial charge in [-0.05, 0) is 43.7 Å². The molecule has 106 valence electrons. The number of nitrogens with one attached hydrogen (secondary N) is 1. The second-order valence-electron chi connectivity index (χ2n) is 5.74. The van der Waals surface area contributed by atoms with Gasteiger partial charge in [-0.25, -0.2) is 9.97 Å². The molecule has 1 aromatic rings. The van der Waals surface area contributed by atoms with E-state index in [2.05, 4.69) is 29.1 Å². The van der Waals surface area contributed by atoms with Gasteiger partial charge in [-0.15, -0.1) is 0 Å². The van der Waals surface area contributed by atoms with Crippen LogP contribution in [0.25, 0.3) is 0 Å². The zero-order chi connectivity index (χ0) is 13.5. The fourth-order valence-electron chi connectivity index (χ4n) is 3.25. The highest BCUT2D eigenvalue weighted by atomic mass is 15.0. The topological polar surface area (TPSA) is 37.8 Å². The minimum absolute atomic E-state index is 0.343. The molecule has 0 aromatic carbocycles. The molecule has 0 aliphatic heterocycles. The predicted octanol–water partition coefficient (Wildman–Crippen LogP) is 3.73. The Balaban J connectivity index is 2.08. The van der Waals surface area contributed by atoms with Crippen LogP contribution in [0.4, 0.5) is 0 Å². The second-order valence-corrected chi connectivity index (χ2v) is 5.74. The summed E-state index contributed by atoms with van der Waals surface area (Å²) in [6.07, 6.45) is 11.6. The van der Waals surface area contributed by atoms with Gasteiger partial charge in [0.2, 0.25) is 0 Å². The highest BCUT2D eigenvalue weighted by Gasteiger charge is 2.29. The van der Waals surface area contributed by atoms with Crippen LogP contribution in [0.3, 0.4) is 0 Å². The molecule has 1 N–H and O–H groups in total. The Labute approximate surface area is 117 Å². The van der Waals surface area contributed by atoms with Gasteiger partial charge in [-0.3, -0.25) is 0 Å². The van der Waals surface area contributed by atoms with E-state index in [1.165, 1.54) is 32.1 Å². The van der Waals surface area contributed by atoms with Gasteiger partial charge in [-0.2, -0.15) is 0 Å². The normalized spacial score (nSPS) is 25.2. The van der Waals surface area contributed by atoms with Crippen LogP contribution in [0.1, 0.15) is 64.2 Å². The summed E-state index contributed by atoms with van der Waals surface area (Å²) in [5, 5.41) is 3.68. The van der Waals surface area contributed by atoms with Crippen molar-refractivity contribution in [1.82, 2.24) is 15.3 Å². The minimum Gasteiger partial charge on any atom is -0.307 e. The summed E-state index contributed by atoms with van der Waals surface area (Å²) >= 11 is 0. The highest BCUT2D eigenvalue weighted by Crippen LogP contribution is 2.37. The van der Waals surface area contributed by atoms with Gasteiger partial charge < -0.3 is 5.32 Å². The number of aromatic nitrogens is 2. The fourth-order valence-corrected chi connectivity index (χ4v) is 3.25. The molecule has 3 unspecified atom stereocenters. The van der Waals surface area contributed by atoms with Crippen LogP contribution in [0.2, 0.25) is 0 Å². The van der Waals surface area contributed by atoms with Gasteiger partial charge in [0.1, 0.15) is 5.82 Å². The van der Waals surface area contributed by atoms with Crippen LogP contribution in [0.15, 0.2) is 18.5 Å². The lowest BCUT2D eigenvalue weighted by Crippen LogP contribution is -2.33. The Morgan fingerprint density at radius 1 is 1.26 bits per heavy atom. The van der Waals surface area contributed by atoms with E-state index < -0.39 is 0 Å². The molecule has 1 aliphatic carbocycles. The maximum absolute atomic E-state index is 4.48. The van der Waals surface area contributed by atoms with Crippen molar-refractivity contribution in [2.24, 2.45) is 11.8 Å². The molecule has 0 radical (unpaired) electrons. The SMILES string of the molecule is CCCNC(c1ncccn1)C1CCCC(CC)C1. The minimum atomic E-state index is 0.343. The number of hydrogen-bond acceptors (Lipinski definition) is 3. The van der Waals surface area contributed by atoms with E-state index in [1.807, 2.05) is 18.5 Å². The predicted molar refractivity (Wildman–Crippen MR) is 78.8 cm³/mol. The lowest BCUT2D eigenvalue weighted by Gasteiger charge is -2.34. The molecule has 19 heavy (non-hydrogen) atoms. The number of nitrogens with zero attached hydrogens (tertiary/aromatic N) is 2. The Kier molecular flexibility index (Phi) is 5.77. The molecule has 2 rings (SSSR count). The van der Waals surface area contributed by atoms with Gasteiger partial charge in [-0.1, -0.05) is 33.1 Å². The molecule has 3 atom stereocenters. The molecule has 1 heterocycles. The van der Waals surface area contributed by atoms with Crippen molar-refractivity contribution in [2.45, 2.75) is 58.4 Å². The zero-order valence-corrected chi connectivity index (χ0v) is 12.3. The van der Waals surface area contributed by atoms with Crippen LogP contribution in [0.5, 0.6) is 0 Å². The van der Waals surface area contributed by atoms with Crippen molar-refractivity contribution in [3.05, 3.63) is 24.3 Å². The smallest absolute Gasteiger partial charge is 0.145 e. The molecule has 1 fully saturated rings. The van der Waals surface area contributed by atoms with Crippen LogP contribution in [-0.2, 0) is 0 Å². The van der Waals surface area contributed by atoms with Crippen molar-refractivity contribution >= 4 is 0 Å². The Morgan fingerprint density at radius 3 is 2.74 bits per heavy atom. The monoisotopic (exact) mass is 261 g/mol. The van der Waals surface area contributed by atoms with E-state index in [4.69, 9.17) is 0 Å². The fraction of sp³-hybridized carbons (Fsp3) is 0.750. The average Bonchev–Trinajstić information content (AvgIpc) is 2.49. The van der Waals surface area contributed by atoms with Crippen molar-refractivity contribution in [2.75, 3.05) is 6.54 Å². The first kappa shape index (κ1) is 14.4. The van der Waals surface area contributed by atoms with Crippen molar-refractivity contribution in [3.63, 3.8) is 0 Å². The van der Waals surface area contributed by atoms with Crippen molar-refractivity contribution in [3.8, 4) is 0 Å². The molecule has 0 bridgehead atoms. The second kappa shape index (κ2) is 7.59. The van der Waals surface area contributed by atoms with Crippen LogP contribution >= 0.6 is 0 Å². The molecule has 1 aliphatic rings. The quantitative estimate of drug-likeness (QED) is 0.848. The lowest BCUT2D eigenvalue weighted by molar-refractivity contribution is 0.204. The maximum Gasteiger partial charge on any atom is 0.145 e. The third-order valence-corrected chi connectivity index (χ3v) is 4.35. The summed E-state index contributed by atoms with van der Waals surface area (Å²) in [5.74, 6) is 2.58. The third kappa shape index (κ3) is 4.00. The summed E-state index contributed by atoms with van der Waals surface area (Å²) < 4.78 is 0. The molecule has 1 saturated carbocycles. The maximum atomic E-state index is 4.48. The zero-order valence-electron chi connectivity index (χ0n) is 12.3. The van der Waals surface area contributed by atoms with Gasteiger partial charge in [0.15, 0.2) is 0 Å². The molecule has 0 spiro atoms. The van der Waals surface area contributed by atoms with E-state index in [0.29, 0.717) is 12.0 Å². The highest BCUT2D eigenvalue weighted by molar-refractivity contribution is 4.99. The van der Waals surface area contributed by atoms with Crippen LogP contribution in [-0.4, -0.2) is 16.5 Å². The molecule has 0 amide bonds. The summed E-state index contributed by atoms with van der Waals surface area (Å²) in [6.45, 7) is 5.59. The number of rotatable bonds is 6. The van der Waals surface area contributed by atoms with Gasteiger partial charge in [0, 0.05) is 12.4 Å². The largest absolute Gasteiger partial charge is 0.307 e. The Morgan fingerprint density at radius 2 is 2.05 bits per heavy atom. The summed E-state index contributed by atoms with van der Waals surface area (Å²) in [4.78, 5) is 8.97. The van der Waals surface area contributed by atoms with E-state index in [1.54, 1.807) is 0 Å². The summed E-state index contributed by atoms with van der Waals surface area (Å²) in [7, 11) is 0. The molecular weight excluding hydrogens is 234 g/mol. The Hall–Kier alpha value is -0.960. The van der Waals surface area contributed by atoms with E-state index in [0.717, 1.165) is 24.7 Å². The van der Waals surface area contributed by atoms with Gasteiger partial charge >= 0.3 is 0 Å². The molecule has 0 saturated heterocycles. The van der Waals surface area contributed by atoms with Gasteiger partial charge in [0.05, 0.1) is 6.04 Å². The van der Waals surface area contributed by atoms with Gasteiger partial charge in [0.25, 0.3) is 0 Å². The number of hydrogen-bond donors (Lipinski definition) is 1. The van der Waals surface area contributed by atoms with Crippen molar-refractivity contribution < 1.29 is 0 Å². The standard InChI is InChI=1S/C16H27N3/c1-3-9-17-15(16-18-10-6-11-19-16)14-8-5-7-13(4-2)12-14/h6,10-11,13-15,17H,3-5,7-9,12H2,1-2H3. The lowest BCUT2D eigenvalue weighted by atomic mass is 9.76. The van der Waals surface area contributed by atoms with E-state index in [-0.39, 0.29) is 0 Å². The van der Waals surface area contributed by atoms with E-state index >= 15 is 0 Å². The first-order valence-corrected chi connectivity index (χ1v) is 7.85. The first-order chi connectivity index (χ1) is 9.35. The molecule has 1 aromatic heterocycles. The first-order valence-electron chi connectivity index (χ1n) is 7.85.